The van der Waals surface area contributed by atoms with Gasteiger partial charge in [0.1, 0.15) is 0 Å². The van der Waals surface area contributed by atoms with Crippen molar-refractivity contribution >= 4 is 23.4 Å². The van der Waals surface area contributed by atoms with Crippen LogP contribution in [0.5, 0.6) is 0 Å². The van der Waals surface area contributed by atoms with E-state index in [2.05, 4.69) is 15.5 Å². The summed E-state index contributed by atoms with van der Waals surface area (Å²) in [6.45, 7) is 3.15. The van der Waals surface area contributed by atoms with Gasteiger partial charge in [-0.1, -0.05) is 36.6 Å². The molecule has 2 fully saturated rings. The molecule has 0 unspecified atom stereocenters. The zero-order valence-corrected chi connectivity index (χ0v) is 15.9. The van der Waals surface area contributed by atoms with Gasteiger partial charge in [0.25, 0.3) is 0 Å². The Morgan fingerprint density at radius 1 is 0.962 bits per heavy atom. The summed E-state index contributed by atoms with van der Waals surface area (Å²) in [5, 5.41) is 6.09. The van der Waals surface area contributed by atoms with Crippen LogP contribution in [0, 0.1) is 5.92 Å². The first-order valence-electron chi connectivity index (χ1n) is 9.66. The number of rotatable bonds is 5. The summed E-state index contributed by atoms with van der Waals surface area (Å²) in [6.07, 6.45) is 7.62. The predicted molar refractivity (Wildman–Crippen MR) is 103 cm³/mol. The zero-order chi connectivity index (χ0) is 18.4. The van der Waals surface area contributed by atoms with Gasteiger partial charge in [-0.15, -0.1) is 0 Å². The van der Waals surface area contributed by atoms with Crippen LogP contribution in [0.3, 0.4) is 0 Å². The Labute approximate surface area is 160 Å². The number of carbonyl (C=O) groups excluding carboxylic acids is 2. The summed E-state index contributed by atoms with van der Waals surface area (Å²) < 4.78 is 0. The molecular formula is C20H28ClN3O2. The molecule has 0 radical (unpaired) electrons. The van der Waals surface area contributed by atoms with Crippen LogP contribution in [-0.2, 0) is 16.1 Å². The minimum atomic E-state index is -0.580. The first kappa shape index (κ1) is 19.2. The van der Waals surface area contributed by atoms with Gasteiger partial charge < -0.3 is 15.5 Å². The van der Waals surface area contributed by atoms with Crippen LogP contribution in [0.1, 0.15) is 44.1 Å². The summed E-state index contributed by atoms with van der Waals surface area (Å²) in [4.78, 5) is 26.5. The van der Waals surface area contributed by atoms with Crippen molar-refractivity contribution in [3.05, 3.63) is 34.9 Å². The molecule has 0 bridgehead atoms. The summed E-state index contributed by atoms with van der Waals surface area (Å²) in [7, 11) is 0. The van der Waals surface area contributed by atoms with Crippen molar-refractivity contribution in [1.82, 2.24) is 15.5 Å². The van der Waals surface area contributed by atoms with E-state index in [1.54, 1.807) is 12.1 Å². The summed E-state index contributed by atoms with van der Waals surface area (Å²) in [5.41, 5.74) is 0.912. The van der Waals surface area contributed by atoms with E-state index in [1.807, 2.05) is 12.1 Å². The summed E-state index contributed by atoms with van der Waals surface area (Å²) in [6, 6.07) is 7.98. The lowest BCUT2D eigenvalue weighted by Gasteiger charge is -2.36. The van der Waals surface area contributed by atoms with E-state index in [0.717, 1.165) is 37.5 Å². The van der Waals surface area contributed by atoms with E-state index in [4.69, 9.17) is 11.6 Å². The van der Waals surface area contributed by atoms with Crippen LogP contribution in [0.2, 0.25) is 5.02 Å². The number of hydrogen-bond acceptors (Lipinski definition) is 3. The molecule has 1 saturated heterocycles. The van der Waals surface area contributed by atoms with Crippen molar-refractivity contribution in [2.24, 2.45) is 5.92 Å². The Kier molecular flexibility index (Phi) is 6.92. The molecule has 1 aliphatic carbocycles. The topological polar surface area (TPSA) is 61.4 Å². The van der Waals surface area contributed by atoms with E-state index in [1.165, 1.54) is 25.7 Å². The fourth-order valence-electron chi connectivity index (χ4n) is 3.97. The van der Waals surface area contributed by atoms with Crippen molar-refractivity contribution in [3.8, 4) is 0 Å². The van der Waals surface area contributed by atoms with Crippen LogP contribution in [0.25, 0.3) is 0 Å². The second kappa shape index (κ2) is 9.38. The lowest BCUT2D eigenvalue weighted by Crippen LogP contribution is -2.45. The average Bonchev–Trinajstić information content (AvgIpc) is 3.20. The molecule has 142 valence electrons. The molecule has 1 aromatic rings. The number of likely N-dealkylation sites (tertiary alicyclic amines) is 1. The molecule has 2 N–H and O–H groups in total. The molecule has 6 heteroatoms. The Balaban J connectivity index is 1.33. The fourth-order valence-corrected chi connectivity index (χ4v) is 4.10. The molecule has 2 amide bonds. The second-order valence-corrected chi connectivity index (χ2v) is 7.87. The molecule has 1 aromatic carbocycles. The van der Waals surface area contributed by atoms with Gasteiger partial charge in [0.05, 0.1) is 0 Å². The molecule has 1 saturated carbocycles. The van der Waals surface area contributed by atoms with Crippen LogP contribution in [-0.4, -0.2) is 42.4 Å². The predicted octanol–water partition coefficient (Wildman–Crippen LogP) is 2.73. The molecule has 0 aromatic heterocycles. The van der Waals surface area contributed by atoms with Gasteiger partial charge in [-0.3, -0.25) is 9.59 Å². The van der Waals surface area contributed by atoms with Crippen LogP contribution in [0.4, 0.5) is 0 Å². The smallest absolute Gasteiger partial charge is 0.309 e. The van der Waals surface area contributed by atoms with E-state index < -0.39 is 11.8 Å². The number of carbonyl (C=O) groups is 2. The SMILES string of the molecule is O=C(NCc1ccc(Cl)cc1)C(=O)NCC1CCN(C2CCCC2)CC1. The normalized spacial score (nSPS) is 19.4. The van der Waals surface area contributed by atoms with Crippen molar-refractivity contribution in [3.63, 3.8) is 0 Å². The third kappa shape index (κ3) is 5.45. The number of nitrogens with zero attached hydrogens (tertiary/aromatic N) is 1. The highest BCUT2D eigenvalue weighted by Gasteiger charge is 2.27. The number of piperidine rings is 1. The number of nitrogens with one attached hydrogen (secondary N) is 2. The van der Waals surface area contributed by atoms with E-state index >= 15 is 0 Å². The lowest BCUT2D eigenvalue weighted by atomic mass is 9.95. The average molecular weight is 378 g/mol. The van der Waals surface area contributed by atoms with Gasteiger partial charge in [-0.25, -0.2) is 0 Å². The van der Waals surface area contributed by atoms with Gasteiger partial charge in [0.2, 0.25) is 0 Å². The Hall–Kier alpha value is -1.59. The van der Waals surface area contributed by atoms with E-state index in [-0.39, 0.29) is 0 Å². The molecule has 0 atom stereocenters. The minimum Gasteiger partial charge on any atom is -0.348 e. The standard InChI is InChI=1S/C20H28ClN3O2/c21-17-7-5-15(6-8-17)13-22-19(25)20(26)23-14-16-9-11-24(12-10-16)18-3-1-2-4-18/h5-8,16,18H,1-4,9-14H2,(H,22,25)(H,23,26). The summed E-state index contributed by atoms with van der Waals surface area (Å²) in [5.74, 6) is -0.652. The van der Waals surface area contributed by atoms with Crippen LogP contribution < -0.4 is 10.6 Å². The van der Waals surface area contributed by atoms with Crippen LogP contribution >= 0.6 is 11.6 Å². The van der Waals surface area contributed by atoms with Gasteiger partial charge in [-0.2, -0.15) is 0 Å². The quantitative estimate of drug-likeness (QED) is 0.775. The lowest BCUT2D eigenvalue weighted by molar-refractivity contribution is -0.139. The monoisotopic (exact) mass is 377 g/mol. The van der Waals surface area contributed by atoms with Gasteiger partial charge in [0.15, 0.2) is 0 Å². The second-order valence-electron chi connectivity index (χ2n) is 7.44. The maximum atomic E-state index is 12.0. The third-order valence-corrected chi connectivity index (χ3v) is 5.87. The van der Waals surface area contributed by atoms with Crippen molar-refractivity contribution in [2.45, 2.75) is 51.1 Å². The first-order chi connectivity index (χ1) is 12.6. The molecule has 26 heavy (non-hydrogen) atoms. The number of benzene rings is 1. The first-order valence-corrected chi connectivity index (χ1v) is 10.0. The number of amides is 2. The molecule has 3 rings (SSSR count). The van der Waals surface area contributed by atoms with Crippen LogP contribution in [0.15, 0.2) is 24.3 Å². The maximum Gasteiger partial charge on any atom is 0.309 e. The molecule has 1 heterocycles. The maximum absolute atomic E-state index is 12.0. The van der Waals surface area contributed by atoms with Crippen molar-refractivity contribution < 1.29 is 9.59 Å². The molecule has 2 aliphatic rings. The van der Waals surface area contributed by atoms with Crippen molar-refractivity contribution in [2.75, 3.05) is 19.6 Å². The molecule has 5 nitrogen and oxygen atoms in total. The number of hydrogen-bond donors (Lipinski definition) is 2. The Morgan fingerprint density at radius 2 is 1.58 bits per heavy atom. The summed E-state index contributed by atoms with van der Waals surface area (Å²) >= 11 is 5.83. The number of halogens is 1. The van der Waals surface area contributed by atoms with Gasteiger partial charge in [0, 0.05) is 24.2 Å². The highest BCUT2D eigenvalue weighted by molar-refractivity contribution is 6.35. The highest BCUT2D eigenvalue weighted by Crippen LogP contribution is 2.27. The van der Waals surface area contributed by atoms with E-state index in [0.29, 0.717) is 24.0 Å². The zero-order valence-electron chi connectivity index (χ0n) is 15.2. The van der Waals surface area contributed by atoms with Gasteiger partial charge >= 0.3 is 11.8 Å². The van der Waals surface area contributed by atoms with Crippen molar-refractivity contribution in [1.29, 1.82) is 0 Å². The van der Waals surface area contributed by atoms with Gasteiger partial charge in [-0.05, 0) is 62.4 Å². The third-order valence-electron chi connectivity index (χ3n) is 5.61. The molecule has 0 spiro atoms. The molecular weight excluding hydrogens is 350 g/mol. The van der Waals surface area contributed by atoms with E-state index in [9.17, 15) is 9.59 Å². The Bertz CT molecular complexity index is 606. The fraction of sp³-hybridized carbons (Fsp3) is 0.600. The minimum absolute atomic E-state index is 0.323. The largest absolute Gasteiger partial charge is 0.348 e. The Morgan fingerprint density at radius 3 is 2.23 bits per heavy atom. The molecule has 1 aliphatic heterocycles. The highest BCUT2D eigenvalue weighted by atomic mass is 35.5.